The highest BCUT2D eigenvalue weighted by Gasteiger charge is 2.58. The van der Waals surface area contributed by atoms with Crippen LogP contribution in [0.1, 0.15) is 49.1 Å². The Bertz CT molecular complexity index is 590. The molecular formula is C18H18F4. The Kier molecular flexibility index (Phi) is 3.87. The lowest BCUT2D eigenvalue weighted by Gasteiger charge is -2.29. The second-order valence-corrected chi connectivity index (χ2v) is 6.09. The van der Waals surface area contributed by atoms with Crippen LogP contribution < -0.4 is 0 Å². The first-order valence-electron chi connectivity index (χ1n) is 7.68. The summed E-state index contributed by atoms with van der Waals surface area (Å²) in [6, 6.07) is 6.69. The van der Waals surface area contributed by atoms with Gasteiger partial charge in [-0.1, -0.05) is 55.7 Å². The van der Waals surface area contributed by atoms with Crippen LogP contribution in [-0.2, 0) is 0 Å². The van der Waals surface area contributed by atoms with Gasteiger partial charge >= 0.3 is 11.8 Å². The van der Waals surface area contributed by atoms with Crippen LogP contribution in [0.5, 0.6) is 0 Å². The maximum absolute atomic E-state index is 13.9. The Hall–Kier alpha value is -1.58. The number of benzene rings is 1. The van der Waals surface area contributed by atoms with Crippen molar-refractivity contribution in [1.82, 2.24) is 0 Å². The number of halogens is 4. The summed E-state index contributed by atoms with van der Waals surface area (Å²) in [5, 5.41) is 0. The lowest BCUT2D eigenvalue weighted by molar-refractivity contribution is -0.140. The second-order valence-electron chi connectivity index (χ2n) is 6.09. The van der Waals surface area contributed by atoms with E-state index >= 15 is 0 Å². The fourth-order valence-corrected chi connectivity index (χ4v) is 3.30. The highest BCUT2D eigenvalue weighted by molar-refractivity contribution is 5.75. The first-order valence-corrected chi connectivity index (χ1v) is 7.68. The highest BCUT2D eigenvalue weighted by atomic mass is 19.3. The summed E-state index contributed by atoms with van der Waals surface area (Å²) < 4.78 is 54.7. The molecule has 4 heteroatoms. The van der Waals surface area contributed by atoms with Gasteiger partial charge in [-0.2, -0.15) is 17.6 Å². The van der Waals surface area contributed by atoms with Gasteiger partial charge in [0, 0.05) is 5.57 Å². The Morgan fingerprint density at radius 3 is 2.14 bits per heavy atom. The summed E-state index contributed by atoms with van der Waals surface area (Å²) >= 11 is 0. The minimum atomic E-state index is -4.17. The van der Waals surface area contributed by atoms with Crippen LogP contribution in [0.3, 0.4) is 0 Å². The highest BCUT2D eigenvalue weighted by Crippen LogP contribution is 2.47. The number of hydrogen-bond donors (Lipinski definition) is 0. The van der Waals surface area contributed by atoms with E-state index in [-0.39, 0.29) is 11.6 Å². The molecule has 0 aromatic heterocycles. The van der Waals surface area contributed by atoms with E-state index < -0.39 is 17.4 Å². The van der Waals surface area contributed by atoms with Crippen LogP contribution in [0, 0.1) is 0 Å². The summed E-state index contributed by atoms with van der Waals surface area (Å²) in [6.07, 6.45) is 8.17. The number of alkyl halides is 4. The maximum atomic E-state index is 13.9. The zero-order valence-electron chi connectivity index (χ0n) is 12.2. The molecular weight excluding hydrogens is 292 g/mol. The van der Waals surface area contributed by atoms with Gasteiger partial charge in [-0.15, -0.1) is 0 Å². The fraction of sp³-hybridized carbons (Fsp3) is 0.444. The topological polar surface area (TPSA) is 0 Å². The lowest BCUT2D eigenvalue weighted by atomic mass is 9.83. The third-order valence-corrected chi connectivity index (χ3v) is 4.62. The second kappa shape index (κ2) is 5.56. The maximum Gasteiger partial charge on any atom is 0.339 e. The first kappa shape index (κ1) is 15.3. The van der Waals surface area contributed by atoms with Gasteiger partial charge in [-0.05, 0) is 36.0 Å². The van der Waals surface area contributed by atoms with E-state index in [2.05, 4.69) is 0 Å². The molecule has 0 radical (unpaired) electrons. The molecule has 0 N–H and O–H groups in total. The molecule has 1 saturated carbocycles. The third-order valence-electron chi connectivity index (χ3n) is 4.62. The summed E-state index contributed by atoms with van der Waals surface area (Å²) in [5.74, 6) is -7.85. The van der Waals surface area contributed by atoms with Crippen molar-refractivity contribution < 1.29 is 17.6 Å². The molecule has 0 unspecified atom stereocenters. The van der Waals surface area contributed by atoms with E-state index in [1.807, 2.05) is 0 Å². The van der Waals surface area contributed by atoms with Gasteiger partial charge in [-0.3, -0.25) is 0 Å². The zero-order valence-corrected chi connectivity index (χ0v) is 12.2. The minimum absolute atomic E-state index is 0.161. The van der Waals surface area contributed by atoms with E-state index in [4.69, 9.17) is 0 Å². The molecule has 1 fully saturated rings. The van der Waals surface area contributed by atoms with Crippen molar-refractivity contribution >= 4 is 5.57 Å². The van der Waals surface area contributed by atoms with Crippen LogP contribution in [0.2, 0.25) is 0 Å². The van der Waals surface area contributed by atoms with Crippen LogP contribution in [0.25, 0.3) is 5.57 Å². The van der Waals surface area contributed by atoms with Gasteiger partial charge < -0.3 is 0 Å². The summed E-state index contributed by atoms with van der Waals surface area (Å²) in [4.78, 5) is 0. The molecule has 0 atom stereocenters. The van der Waals surface area contributed by atoms with Crippen molar-refractivity contribution in [3.63, 3.8) is 0 Å². The normalized spacial score (nSPS) is 24.1. The van der Waals surface area contributed by atoms with Gasteiger partial charge in [0.1, 0.15) is 0 Å². The molecule has 0 nitrogen and oxygen atoms in total. The average Bonchev–Trinajstić information content (AvgIpc) is 2.51. The molecule has 0 aliphatic heterocycles. The fourth-order valence-electron chi connectivity index (χ4n) is 3.30. The van der Waals surface area contributed by atoms with Gasteiger partial charge in [0.25, 0.3) is 0 Å². The van der Waals surface area contributed by atoms with E-state index in [0.29, 0.717) is 5.92 Å². The van der Waals surface area contributed by atoms with Gasteiger partial charge in [0.15, 0.2) is 0 Å². The predicted molar refractivity (Wildman–Crippen MR) is 79.3 cm³/mol. The van der Waals surface area contributed by atoms with Crippen molar-refractivity contribution in [2.45, 2.75) is 49.9 Å². The molecule has 22 heavy (non-hydrogen) atoms. The summed E-state index contributed by atoms with van der Waals surface area (Å²) in [5.41, 5.74) is 0.661. The molecule has 0 bridgehead atoms. The predicted octanol–water partition coefficient (Wildman–Crippen LogP) is 5.96. The molecule has 2 aliphatic carbocycles. The van der Waals surface area contributed by atoms with Crippen molar-refractivity contribution in [2.75, 3.05) is 0 Å². The van der Waals surface area contributed by atoms with Crippen molar-refractivity contribution in [3.05, 3.63) is 53.6 Å². The zero-order chi connectivity index (χ0) is 15.8. The smallest absolute Gasteiger partial charge is 0.195 e. The van der Waals surface area contributed by atoms with E-state index in [9.17, 15) is 17.6 Å². The van der Waals surface area contributed by atoms with E-state index in [1.54, 1.807) is 24.3 Å². The Morgan fingerprint density at radius 2 is 1.50 bits per heavy atom. The van der Waals surface area contributed by atoms with Crippen molar-refractivity contribution in [2.24, 2.45) is 0 Å². The van der Waals surface area contributed by atoms with Crippen LogP contribution in [0.4, 0.5) is 17.6 Å². The molecule has 3 rings (SSSR count). The molecule has 0 heterocycles. The van der Waals surface area contributed by atoms with Crippen LogP contribution in [-0.4, -0.2) is 11.8 Å². The summed E-state index contributed by atoms with van der Waals surface area (Å²) in [7, 11) is 0. The van der Waals surface area contributed by atoms with Crippen molar-refractivity contribution in [1.29, 1.82) is 0 Å². The third kappa shape index (κ3) is 2.59. The van der Waals surface area contributed by atoms with Gasteiger partial charge in [-0.25, -0.2) is 0 Å². The van der Waals surface area contributed by atoms with Crippen LogP contribution >= 0.6 is 0 Å². The number of allylic oxidation sites excluding steroid dienone is 4. The number of rotatable bonds is 2. The van der Waals surface area contributed by atoms with Crippen molar-refractivity contribution in [3.8, 4) is 0 Å². The number of hydrogen-bond acceptors (Lipinski definition) is 0. The lowest BCUT2D eigenvalue weighted by Crippen LogP contribution is -2.41. The largest absolute Gasteiger partial charge is 0.339 e. The molecule has 2 aliphatic rings. The SMILES string of the molecule is FC1(F)C=CC=C(c2ccc(C3CCCCC3)cc2)C1(F)F. The Labute approximate surface area is 127 Å². The molecule has 0 saturated heterocycles. The van der Waals surface area contributed by atoms with Crippen LogP contribution in [0.15, 0.2) is 42.5 Å². The van der Waals surface area contributed by atoms with E-state index in [0.717, 1.165) is 30.6 Å². The molecule has 0 spiro atoms. The molecule has 1 aromatic rings. The average molecular weight is 310 g/mol. The summed E-state index contributed by atoms with van der Waals surface area (Å²) in [6.45, 7) is 0. The molecule has 0 amide bonds. The molecule has 118 valence electrons. The monoisotopic (exact) mass is 310 g/mol. The Morgan fingerprint density at radius 1 is 0.864 bits per heavy atom. The quantitative estimate of drug-likeness (QED) is 0.591. The Balaban J connectivity index is 1.86. The first-order chi connectivity index (χ1) is 10.4. The van der Waals surface area contributed by atoms with E-state index in [1.165, 1.54) is 19.3 Å². The molecule has 1 aromatic carbocycles. The van der Waals surface area contributed by atoms with Gasteiger partial charge in [0.05, 0.1) is 0 Å². The standard InChI is InChI=1S/C18H18F4/c19-17(20)12-4-7-16(18(17,21)22)15-10-8-14(9-11-15)13-5-2-1-3-6-13/h4,7-13H,1-3,5-6H2. The van der Waals surface area contributed by atoms with Gasteiger partial charge in [0.2, 0.25) is 0 Å². The minimum Gasteiger partial charge on any atom is -0.195 e.